The third kappa shape index (κ3) is 4.16. The van der Waals surface area contributed by atoms with E-state index in [2.05, 4.69) is 15.1 Å². The molecule has 3 heterocycles. The quantitative estimate of drug-likeness (QED) is 0.780. The average Bonchev–Trinajstić information content (AvgIpc) is 2.72. The number of ether oxygens (including phenoxy) is 1. The van der Waals surface area contributed by atoms with Crippen molar-refractivity contribution in [1.29, 1.82) is 0 Å². The van der Waals surface area contributed by atoms with E-state index in [1.54, 1.807) is 24.0 Å². The number of likely N-dealkylation sites (tertiary alicyclic amines) is 1. The number of hydrogen-bond donors (Lipinski definition) is 1. The molecule has 31 heavy (non-hydrogen) atoms. The summed E-state index contributed by atoms with van der Waals surface area (Å²) in [7, 11) is 0. The van der Waals surface area contributed by atoms with Crippen LogP contribution in [0.25, 0.3) is 11.3 Å². The molecule has 2 aromatic rings. The normalized spacial score (nSPS) is 21.7. The summed E-state index contributed by atoms with van der Waals surface area (Å²) in [5.41, 5.74) is -0.161. The standard InChI is InChI=1S/C21H23F3N4O3/c1-12-9-14(21(22,23)24)10-17(30)20(12)15-3-4-19(26-25-15)28-7-8-31-18-5-6-27(13(2)29)11-16(18)28/h3-4,9-10,16,18,30H,5-8,11H2,1-2H3/t16-,18-/m1/s1. The Kier molecular flexibility index (Phi) is 5.50. The topological polar surface area (TPSA) is 78.8 Å². The van der Waals surface area contributed by atoms with Crippen LogP contribution in [-0.2, 0) is 15.7 Å². The molecule has 1 aromatic carbocycles. The Morgan fingerprint density at radius 1 is 1.23 bits per heavy atom. The molecule has 2 saturated heterocycles. The lowest BCUT2D eigenvalue weighted by Gasteiger charge is -2.47. The lowest BCUT2D eigenvalue weighted by molar-refractivity contribution is -0.137. The van der Waals surface area contributed by atoms with Gasteiger partial charge in [-0.3, -0.25) is 4.79 Å². The molecule has 1 N–H and O–H groups in total. The first-order valence-corrected chi connectivity index (χ1v) is 10.0. The van der Waals surface area contributed by atoms with Crippen molar-refractivity contribution in [2.24, 2.45) is 0 Å². The summed E-state index contributed by atoms with van der Waals surface area (Å²) in [6, 6.07) is 4.99. The molecule has 166 valence electrons. The summed E-state index contributed by atoms with van der Waals surface area (Å²) in [6.45, 7) is 5.34. The van der Waals surface area contributed by atoms with Gasteiger partial charge in [-0.25, -0.2) is 0 Å². The second-order valence-corrected chi connectivity index (χ2v) is 7.89. The Bertz CT molecular complexity index is 958. The van der Waals surface area contributed by atoms with Gasteiger partial charge in [-0.15, -0.1) is 10.2 Å². The van der Waals surface area contributed by atoms with Crippen LogP contribution in [0, 0.1) is 6.92 Å². The second kappa shape index (κ2) is 7.99. The zero-order valence-electron chi connectivity index (χ0n) is 17.2. The number of phenolic OH excluding ortho intramolecular Hbond substituents is 1. The minimum absolute atomic E-state index is 0.00738. The van der Waals surface area contributed by atoms with Crippen molar-refractivity contribution < 1.29 is 27.8 Å². The first-order chi connectivity index (χ1) is 14.6. The Morgan fingerprint density at radius 3 is 2.61 bits per heavy atom. The van der Waals surface area contributed by atoms with E-state index in [0.29, 0.717) is 38.1 Å². The number of carbonyl (C=O) groups is 1. The van der Waals surface area contributed by atoms with Crippen molar-refractivity contribution in [3.05, 3.63) is 35.4 Å². The number of fused-ring (bicyclic) bond motifs is 1. The van der Waals surface area contributed by atoms with Crippen LogP contribution >= 0.6 is 0 Å². The summed E-state index contributed by atoms with van der Waals surface area (Å²) in [5, 5.41) is 18.7. The van der Waals surface area contributed by atoms with Crippen LogP contribution in [0.5, 0.6) is 5.75 Å². The number of rotatable bonds is 2. The predicted molar refractivity (Wildman–Crippen MR) is 107 cm³/mol. The molecule has 7 nitrogen and oxygen atoms in total. The number of benzene rings is 1. The van der Waals surface area contributed by atoms with Gasteiger partial charge in [-0.2, -0.15) is 13.2 Å². The lowest BCUT2D eigenvalue weighted by atomic mass is 9.98. The van der Waals surface area contributed by atoms with E-state index in [9.17, 15) is 23.1 Å². The maximum Gasteiger partial charge on any atom is 0.416 e. The largest absolute Gasteiger partial charge is 0.507 e. The number of carbonyl (C=O) groups excluding carboxylic acids is 1. The second-order valence-electron chi connectivity index (χ2n) is 7.89. The monoisotopic (exact) mass is 436 g/mol. The molecule has 0 bridgehead atoms. The molecule has 1 aromatic heterocycles. The Labute approximate surface area is 177 Å². The summed E-state index contributed by atoms with van der Waals surface area (Å²) in [4.78, 5) is 15.7. The van der Waals surface area contributed by atoms with Gasteiger partial charge in [0.25, 0.3) is 0 Å². The number of hydrogen-bond acceptors (Lipinski definition) is 6. The van der Waals surface area contributed by atoms with Gasteiger partial charge in [0, 0.05) is 32.1 Å². The van der Waals surface area contributed by atoms with Crippen LogP contribution in [0.3, 0.4) is 0 Å². The molecule has 0 spiro atoms. The van der Waals surface area contributed by atoms with Gasteiger partial charge in [0.15, 0.2) is 5.82 Å². The smallest absolute Gasteiger partial charge is 0.416 e. The Hall–Kier alpha value is -2.88. The Balaban J connectivity index is 1.60. The minimum atomic E-state index is -4.54. The molecule has 2 aliphatic heterocycles. The van der Waals surface area contributed by atoms with Gasteiger partial charge in [0.05, 0.1) is 30.0 Å². The molecular formula is C21H23F3N4O3. The molecule has 0 saturated carbocycles. The number of phenols is 1. The lowest BCUT2D eigenvalue weighted by Crippen LogP contribution is -2.61. The fourth-order valence-corrected chi connectivity index (χ4v) is 4.32. The van der Waals surface area contributed by atoms with Crippen LogP contribution in [0.2, 0.25) is 0 Å². The zero-order chi connectivity index (χ0) is 22.3. The maximum atomic E-state index is 13.0. The van der Waals surface area contributed by atoms with Gasteiger partial charge in [0.2, 0.25) is 5.91 Å². The number of amides is 1. The van der Waals surface area contributed by atoms with E-state index in [1.165, 1.54) is 6.92 Å². The molecule has 1 amide bonds. The molecular weight excluding hydrogens is 413 g/mol. The van der Waals surface area contributed by atoms with Gasteiger partial charge in [0.1, 0.15) is 5.75 Å². The number of anilines is 1. The van der Waals surface area contributed by atoms with Crippen LogP contribution < -0.4 is 4.90 Å². The molecule has 10 heteroatoms. The molecule has 2 atom stereocenters. The highest BCUT2D eigenvalue weighted by molar-refractivity contribution is 5.73. The first kappa shape index (κ1) is 21.4. The molecule has 0 radical (unpaired) electrons. The van der Waals surface area contributed by atoms with E-state index >= 15 is 0 Å². The zero-order valence-corrected chi connectivity index (χ0v) is 17.2. The average molecular weight is 436 g/mol. The van der Waals surface area contributed by atoms with E-state index in [0.717, 1.165) is 12.5 Å². The number of aromatic hydroxyl groups is 1. The third-order valence-electron chi connectivity index (χ3n) is 5.87. The molecule has 2 fully saturated rings. The fraction of sp³-hybridized carbons (Fsp3) is 0.476. The highest BCUT2D eigenvalue weighted by atomic mass is 19.4. The molecule has 0 aliphatic carbocycles. The van der Waals surface area contributed by atoms with Crippen molar-refractivity contribution in [2.75, 3.05) is 31.1 Å². The number of nitrogens with zero attached hydrogens (tertiary/aromatic N) is 4. The summed E-state index contributed by atoms with van der Waals surface area (Å²) in [5.74, 6) is 0.111. The first-order valence-electron chi connectivity index (χ1n) is 10.0. The number of halogens is 3. The summed E-state index contributed by atoms with van der Waals surface area (Å²) < 4.78 is 44.8. The van der Waals surface area contributed by atoms with Crippen molar-refractivity contribution in [3.63, 3.8) is 0 Å². The van der Waals surface area contributed by atoms with Crippen LogP contribution in [0.4, 0.5) is 19.0 Å². The van der Waals surface area contributed by atoms with Gasteiger partial charge >= 0.3 is 6.18 Å². The minimum Gasteiger partial charge on any atom is -0.507 e. The number of alkyl halides is 3. The highest BCUT2D eigenvalue weighted by Crippen LogP contribution is 2.38. The SMILES string of the molecule is CC(=O)N1CC[C@H]2OCCN(c3ccc(-c4c(C)cc(C(F)(F)F)cc4O)nn3)[C@@H]2C1. The maximum absolute atomic E-state index is 13.0. The fourth-order valence-electron chi connectivity index (χ4n) is 4.32. The van der Waals surface area contributed by atoms with Gasteiger partial charge in [-0.1, -0.05) is 0 Å². The predicted octanol–water partition coefficient (Wildman–Crippen LogP) is 3.00. The van der Waals surface area contributed by atoms with E-state index in [4.69, 9.17) is 4.74 Å². The molecule has 2 aliphatic rings. The molecule has 4 rings (SSSR count). The van der Waals surface area contributed by atoms with Crippen molar-refractivity contribution >= 4 is 11.7 Å². The van der Waals surface area contributed by atoms with Crippen LogP contribution in [-0.4, -0.2) is 64.5 Å². The van der Waals surface area contributed by atoms with E-state index in [1.807, 2.05) is 0 Å². The Morgan fingerprint density at radius 2 is 2.00 bits per heavy atom. The summed E-state index contributed by atoms with van der Waals surface area (Å²) in [6.07, 6.45) is -3.81. The number of aromatic nitrogens is 2. The number of aryl methyl sites for hydroxylation is 1. The van der Waals surface area contributed by atoms with Crippen molar-refractivity contribution in [2.45, 2.75) is 38.6 Å². The van der Waals surface area contributed by atoms with Crippen LogP contribution in [0.1, 0.15) is 24.5 Å². The van der Waals surface area contributed by atoms with Crippen LogP contribution in [0.15, 0.2) is 24.3 Å². The number of piperidine rings is 1. The highest BCUT2D eigenvalue weighted by Gasteiger charge is 2.38. The summed E-state index contributed by atoms with van der Waals surface area (Å²) >= 11 is 0. The van der Waals surface area contributed by atoms with E-state index in [-0.39, 0.29) is 34.9 Å². The third-order valence-corrected chi connectivity index (χ3v) is 5.87. The number of morpholine rings is 1. The molecule has 0 unspecified atom stereocenters. The van der Waals surface area contributed by atoms with E-state index < -0.39 is 17.5 Å². The van der Waals surface area contributed by atoms with Crippen molar-refractivity contribution in [3.8, 4) is 17.0 Å². The van der Waals surface area contributed by atoms with Gasteiger partial charge < -0.3 is 19.6 Å². The van der Waals surface area contributed by atoms with Gasteiger partial charge in [-0.05, 0) is 43.2 Å². The van der Waals surface area contributed by atoms with Crippen molar-refractivity contribution in [1.82, 2.24) is 15.1 Å².